The lowest BCUT2D eigenvalue weighted by atomic mass is 9.92. The van der Waals surface area contributed by atoms with E-state index in [0.29, 0.717) is 13.1 Å². The Labute approximate surface area is 253 Å². The summed E-state index contributed by atoms with van der Waals surface area (Å²) < 4.78 is 30.2. The molecule has 3 atom stereocenters. The number of nitrogens with one attached hydrogen (secondary N) is 2. The molecule has 0 radical (unpaired) electrons. The van der Waals surface area contributed by atoms with E-state index < -0.39 is 29.6 Å². The van der Waals surface area contributed by atoms with Crippen molar-refractivity contribution >= 4 is 41.3 Å². The van der Waals surface area contributed by atoms with Crippen molar-refractivity contribution in [1.82, 2.24) is 9.80 Å². The molecule has 3 aromatic carbocycles. The van der Waals surface area contributed by atoms with Crippen LogP contribution in [0.2, 0.25) is 5.02 Å². The number of anilines is 1. The first-order valence-corrected chi connectivity index (χ1v) is 14.0. The minimum atomic E-state index is -1.48. The van der Waals surface area contributed by atoms with Crippen LogP contribution in [0, 0.1) is 5.82 Å². The van der Waals surface area contributed by atoms with E-state index in [1.165, 1.54) is 38.5 Å². The van der Waals surface area contributed by atoms with E-state index >= 15 is 0 Å². The van der Waals surface area contributed by atoms with Gasteiger partial charge in [-0.3, -0.25) is 14.6 Å². The number of methoxy groups -OCH3 is 2. The molecule has 3 N–H and O–H groups in total. The summed E-state index contributed by atoms with van der Waals surface area (Å²) in [4.78, 5) is 37.2. The van der Waals surface area contributed by atoms with Crippen molar-refractivity contribution in [2.75, 3.05) is 39.2 Å². The number of aldehydes is 1. The first kappa shape index (κ1) is 31.9. The van der Waals surface area contributed by atoms with Crippen LogP contribution in [0.15, 0.2) is 66.7 Å². The molecule has 228 valence electrons. The van der Waals surface area contributed by atoms with E-state index in [9.17, 15) is 23.9 Å². The van der Waals surface area contributed by atoms with E-state index in [1.54, 1.807) is 12.1 Å². The SMILES string of the molecule is COc1cc(NC(=O)OCc2ccccc2)c(Cl)cc1C(=O)NC1(OC)CC[N+](CCC=O)(c2ccc(F)cc2)CC1O. The van der Waals surface area contributed by atoms with Crippen LogP contribution in [-0.4, -0.2) is 69.1 Å². The van der Waals surface area contributed by atoms with Gasteiger partial charge in [0.15, 0.2) is 11.8 Å². The first-order chi connectivity index (χ1) is 20.6. The van der Waals surface area contributed by atoms with Gasteiger partial charge in [0.05, 0.1) is 42.9 Å². The maximum atomic E-state index is 13.6. The molecule has 0 aliphatic carbocycles. The Hall–Kier alpha value is -4.03. The summed E-state index contributed by atoms with van der Waals surface area (Å²) in [5.41, 5.74) is 0.282. The highest BCUT2D eigenvalue weighted by atomic mass is 35.5. The number of halogens is 2. The third-order valence-corrected chi connectivity index (χ3v) is 8.01. The van der Waals surface area contributed by atoms with Gasteiger partial charge >= 0.3 is 6.09 Å². The Kier molecular flexibility index (Phi) is 10.4. The molecule has 2 amide bonds. The molecule has 10 nitrogen and oxygen atoms in total. The van der Waals surface area contributed by atoms with Crippen molar-refractivity contribution in [2.45, 2.75) is 31.3 Å². The van der Waals surface area contributed by atoms with E-state index in [2.05, 4.69) is 10.6 Å². The normalized spacial score (nSPS) is 21.5. The topological polar surface area (TPSA) is 123 Å². The van der Waals surface area contributed by atoms with Gasteiger partial charge < -0.3 is 29.4 Å². The molecule has 0 saturated carbocycles. The second-order valence-electron chi connectivity index (χ2n) is 10.2. The summed E-state index contributed by atoms with van der Waals surface area (Å²) in [6.07, 6.45) is -0.741. The third kappa shape index (κ3) is 7.31. The molecular weight excluding hydrogens is 581 g/mol. The number of piperidine rings is 1. The summed E-state index contributed by atoms with van der Waals surface area (Å²) in [6, 6.07) is 17.8. The Morgan fingerprint density at radius 1 is 1.14 bits per heavy atom. The highest BCUT2D eigenvalue weighted by Crippen LogP contribution is 2.36. The highest BCUT2D eigenvalue weighted by molar-refractivity contribution is 6.34. The van der Waals surface area contributed by atoms with Crippen LogP contribution in [0.3, 0.4) is 0 Å². The Morgan fingerprint density at radius 2 is 1.86 bits per heavy atom. The van der Waals surface area contributed by atoms with Gasteiger partial charge in [-0.1, -0.05) is 41.9 Å². The minimum Gasteiger partial charge on any atom is -0.496 e. The quantitative estimate of drug-likeness (QED) is 0.163. The molecule has 1 saturated heterocycles. The molecule has 0 bridgehead atoms. The van der Waals surface area contributed by atoms with Crippen LogP contribution in [0.5, 0.6) is 5.75 Å². The van der Waals surface area contributed by atoms with Crippen molar-refractivity contribution in [2.24, 2.45) is 0 Å². The van der Waals surface area contributed by atoms with Crippen LogP contribution in [-0.2, 0) is 20.9 Å². The van der Waals surface area contributed by atoms with Gasteiger partial charge in [0.1, 0.15) is 36.7 Å². The average molecular weight is 615 g/mol. The van der Waals surface area contributed by atoms with Crippen molar-refractivity contribution in [3.8, 4) is 5.75 Å². The van der Waals surface area contributed by atoms with Crippen LogP contribution < -0.4 is 19.9 Å². The second kappa shape index (κ2) is 14.0. The van der Waals surface area contributed by atoms with Gasteiger partial charge in [-0.05, 0) is 23.8 Å². The number of quaternary nitrogens is 1. The minimum absolute atomic E-state index is 0.0464. The first-order valence-electron chi connectivity index (χ1n) is 13.6. The zero-order valence-corrected chi connectivity index (χ0v) is 24.6. The zero-order chi connectivity index (χ0) is 31.0. The molecular formula is C31H34ClFN3O7+. The number of benzene rings is 3. The Bertz CT molecular complexity index is 1440. The van der Waals surface area contributed by atoms with E-state index in [0.717, 1.165) is 17.5 Å². The summed E-state index contributed by atoms with van der Waals surface area (Å²) in [7, 11) is 2.74. The Morgan fingerprint density at radius 3 is 2.49 bits per heavy atom. The molecule has 1 heterocycles. The lowest BCUT2D eigenvalue weighted by molar-refractivity contribution is -0.151. The number of ether oxygens (including phenoxy) is 3. The van der Waals surface area contributed by atoms with Crippen molar-refractivity contribution < 1.29 is 38.1 Å². The van der Waals surface area contributed by atoms with Crippen molar-refractivity contribution in [3.05, 3.63) is 88.7 Å². The van der Waals surface area contributed by atoms with Gasteiger partial charge in [-0.25, -0.2) is 9.18 Å². The predicted molar refractivity (Wildman–Crippen MR) is 160 cm³/mol. The average Bonchev–Trinajstić information content (AvgIpc) is 3.02. The maximum Gasteiger partial charge on any atom is 0.412 e. The van der Waals surface area contributed by atoms with Gasteiger partial charge in [-0.2, -0.15) is 0 Å². The second-order valence-corrected chi connectivity index (χ2v) is 10.6. The number of aliphatic hydroxyl groups excluding tert-OH is 1. The van der Waals surface area contributed by atoms with E-state index in [-0.39, 0.29) is 52.5 Å². The van der Waals surface area contributed by atoms with Crippen molar-refractivity contribution in [1.29, 1.82) is 0 Å². The summed E-state index contributed by atoms with van der Waals surface area (Å²) in [6.45, 7) is 0.918. The molecule has 1 aliphatic rings. The largest absolute Gasteiger partial charge is 0.496 e. The molecule has 1 fully saturated rings. The highest BCUT2D eigenvalue weighted by Gasteiger charge is 2.51. The fourth-order valence-electron chi connectivity index (χ4n) is 5.30. The van der Waals surface area contributed by atoms with Crippen LogP contribution in [0.1, 0.15) is 28.8 Å². The number of rotatable bonds is 11. The van der Waals surface area contributed by atoms with Crippen LogP contribution >= 0.6 is 11.6 Å². The summed E-state index contributed by atoms with van der Waals surface area (Å²) in [5.74, 6) is -0.919. The lowest BCUT2D eigenvalue weighted by Gasteiger charge is -2.50. The van der Waals surface area contributed by atoms with Gasteiger partial charge in [-0.15, -0.1) is 0 Å². The fraction of sp³-hybridized carbons (Fsp3) is 0.323. The molecule has 0 spiro atoms. The number of nitrogens with zero attached hydrogens (tertiary/aromatic N) is 1. The molecule has 43 heavy (non-hydrogen) atoms. The van der Waals surface area contributed by atoms with Crippen molar-refractivity contribution in [3.63, 3.8) is 0 Å². The number of hydrogen-bond donors (Lipinski definition) is 3. The number of hydrogen-bond acceptors (Lipinski definition) is 7. The predicted octanol–water partition coefficient (Wildman–Crippen LogP) is 4.67. The Balaban J connectivity index is 1.50. The molecule has 3 unspecified atom stereocenters. The summed E-state index contributed by atoms with van der Waals surface area (Å²) in [5, 5.41) is 16.8. The smallest absolute Gasteiger partial charge is 0.412 e. The number of aliphatic hydroxyl groups is 1. The number of likely N-dealkylation sites (tertiary alicyclic amines) is 1. The molecule has 3 aromatic rings. The lowest BCUT2D eigenvalue weighted by Crippen LogP contribution is -2.71. The maximum absolute atomic E-state index is 13.6. The van der Waals surface area contributed by atoms with Gasteiger partial charge in [0, 0.05) is 31.7 Å². The fourth-order valence-corrected chi connectivity index (χ4v) is 5.51. The number of carbonyl (C=O) groups excluding carboxylic acids is 3. The van der Waals surface area contributed by atoms with Gasteiger partial charge in [0.25, 0.3) is 5.91 Å². The molecule has 12 heteroatoms. The number of carbonyl (C=O) groups is 3. The molecule has 0 aromatic heterocycles. The van der Waals surface area contributed by atoms with E-state index in [1.807, 2.05) is 30.3 Å². The number of amides is 2. The van der Waals surface area contributed by atoms with Crippen LogP contribution in [0.4, 0.5) is 20.6 Å². The van der Waals surface area contributed by atoms with E-state index in [4.69, 9.17) is 25.8 Å². The third-order valence-electron chi connectivity index (χ3n) is 7.69. The zero-order valence-electron chi connectivity index (χ0n) is 23.8. The monoisotopic (exact) mass is 614 g/mol. The van der Waals surface area contributed by atoms with Gasteiger partial charge in [0.2, 0.25) is 0 Å². The summed E-state index contributed by atoms with van der Waals surface area (Å²) >= 11 is 6.42. The molecule has 1 aliphatic heterocycles. The van der Waals surface area contributed by atoms with Crippen LogP contribution in [0.25, 0.3) is 0 Å². The standard InChI is InChI=1S/C31H33ClFN3O7/c1-41-27-18-26(34-30(40)43-20-21-7-4-3-5-8-21)25(32)17-24(27)29(39)35-31(42-2)13-15-36(14-6-16-37,19-28(31)38)23-11-9-22(33)10-12-23/h3-5,7-12,16-18,28,38H,6,13-15,19-20H2,1-2H3,(H-,34,35,39,40)/p+1. The molecule has 4 rings (SSSR count).